The zero-order valence-electron chi connectivity index (χ0n) is 18.1. The molecule has 4 nitrogen and oxygen atoms in total. The van der Waals surface area contributed by atoms with Crippen LogP contribution in [0.2, 0.25) is 0 Å². The van der Waals surface area contributed by atoms with Crippen molar-refractivity contribution < 1.29 is 9.53 Å². The van der Waals surface area contributed by atoms with Crippen LogP contribution in [0, 0.1) is 0 Å². The van der Waals surface area contributed by atoms with E-state index >= 15 is 0 Å². The van der Waals surface area contributed by atoms with Gasteiger partial charge in [0, 0.05) is 12.2 Å². The number of benzene rings is 3. The van der Waals surface area contributed by atoms with Crippen LogP contribution in [0.25, 0.3) is 0 Å². The number of amides is 1. The second-order valence-corrected chi connectivity index (χ2v) is 7.95. The summed E-state index contributed by atoms with van der Waals surface area (Å²) in [5, 5.41) is 3.58. The number of anilines is 1. The molecule has 1 aliphatic rings. The van der Waals surface area contributed by atoms with E-state index < -0.39 is 0 Å². The van der Waals surface area contributed by atoms with Crippen LogP contribution in [-0.2, 0) is 6.42 Å². The van der Waals surface area contributed by atoms with E-state index in [1.165, 1.54) is 18.4 Å². The fourth-order valence-corrected chi connectivity index (χ4v) is 4.00. The van der Waals surface area contributed by atoms with Gasteiger partial charge in [0.05, 0.1) is 12.2 Å². The molecule has 0 bridgehead atoms. The van der Waals surface area contributed by atoms with E-state index in [0.29, 0.717) is 6.54 Å². The Morgan fingerprint density at radius 3 is 2.58 bits per heavy atom. The summed E-state index contributed by atoms with van der Waals surface area (Å²) in [4.78, 5) is 15.3. The predicted octanol–water partition coefficient (Wildman–Crippen LogP) is 6.06. The summed E-state index contributed by atoms with van der Waals surface area (Å²) in [5.41, 5.74) is 3.85. The number of unbranched alkanes of at least 4 members (excludes halogenated alkanes) is 2. The van der Waals surface area contributed by atoms with Crippen LogP contribution in [0.3, 0.4) is 0 Å². The smallest absolute Gasteiger partial charge is 0.257 e. The van der Waals surface area contributed by atoms with Crippen molar-refractivity contribution in [1.29, 1.82) is 0 Å². The van der Waals surface area contributed by atoms with Gasteiger partial charge in [0.1, 0.15) is 11.9 Å². The summed E-state index contributed by atoms with van der Waals surface area (Å²) < 4.78 is 5.97. The Labute approximate surface area is 184 Å². The maximum absolute atomic E-state index is 13.4. The number of hydrogen-bond donors (Lipinski definition) is 1. The Morgan fingerprint density at radius 1 is 0.935 bits per heavy atom. The minimum atomic E-state index is -0.231. The van der Waals surface area contributed by atoms with Crippen LogP contribution in [0.5, 0.6) is 5.75 Å². The average Bonchev–Trinajstić information content (AvgIpc) is 2.82. The molecule has 1 N–H and O–H groups in total. The number of hydrogen-bond acceptors (Lipinski definition) is 3. The summed E-state index contributed by atoms with van der Waals surface area (Å²) in [6.45, 7) is 3.54. The van der Waals surface area contributed by atoms with Crippen LogP contribution in [0.1, 0.15) is 53.8 Å². The van der Waals surface area contributed by atoms with Crippen molar-refractivity contribution in [2.75, 3.05) is 18.5 Å². The topological polar surface area (TPSA) is 41.6 Å². The molecule has 3 aromatic rings. The lowest BCUT2D eigenvalue weighted by Crippen LogP contribution is -2.44. The lowest BCUT2D eigenvalue weighted by atomic mass is 10.0. The van der Waals surface area contributed by atoms with E-state index in [1.54, 1.807) is 0 Å². The maximum atomic E-state index is 13.4. The van der Waals surface area contributed by atoms with Gasteiger partial charge < -0.3 is 15.0 Å². The molecule has 3 aromatic carbocycles. The number of ether oxygens (including phenoxy) is 1. The van der Waals surface area contributed by atoms with Crippen LogP contribution < -0.4 is 10.1 Å². The standard InChI is InChI=1S/C27H30N2O2/c1-2-3-9-19-31-23-14-10-13-22(20-23)26-28-25-16-8-7-15-24(25)27(30)29(26)18-17-21-11-5-4-6-12-21/h4-8,10-16,20,26,28H,2-3,9,17-19H2,1H3. The molecule has 0 aromatic heterocycles. The fraction of sp³-hybridized carbons (Fsp3) is 0.296. The third-order valence-electron chi connectivity index (χ3n) is 5.70. The van der Waals surface area contributed by atoms with E-state index in [9.17, 15) is 4.79 Å². The highest BCUT2D eigenvalue weighted by Gasteiger charge is 2.32. The van der Waals surface area contributed by atoms with Gasteiger partial charge in [-0.15, -0.1) is 0 Å². The molecule has 1 unspecified atom stereocenters. The van der Waals surface area contributed by atoms with Gasteiger partial charge in [-0.1, -0.05) is 74.4 Å². The molecule has 1 heterocycles. The average molecular weight is 415 g/mol. The molecule has 0 aliphatic carbocycles. The minimum absolute atomic E-state index is 0.0598. The molecular weight excluding hydrogens is 384 g/mol. The number of nitrogens with one attached hydrogen (secondary N) is 1. The van der Waals surface area contributed by atoms with E-state index in [4.69, 9.17) is 4.74 Å². The fourth-order valence-electron chi connectivity index (χ4n) is 4.00. The van der Waals surface area contributed by atoms with Gasteiger partial charge in [0.15, 0.2) is 0 Å². The predicted molar refractivity (Wildman–Crippen MR) is 125 cm³/mol. The highest BCUT2D eigenvalue weighted by Crippen LogP contribution is 2.34. The van der Waals surface area contributed by atoms with Crippen LogP contribution >= 0.6 is 0 Å². The lowest BCUT2D eigenvalue weighted by Gasteiger charge is -2.38. The molecule has 1 atom stereocenters. The molecular formula is C27H30N2O2. The second kappa shape index (κ2) is 10.2. The summed E-state index contributed by atoms with van der Waals surface area (Å²) in [6.07, 6.45) is 3.97. The van der Waals surface area contributed by atoms with Crippen molar-refractivity contribution in [3.05, 3.63) is 95.6 Å². The van der Waals surface area contributed by atoms with Crippen molar-refractivity contribution in [2.24, 2.45) is 0 Å². The molecule has 1 amide bonds. The molecule has 0 spiro atoms. The quantitative estimate of drug-likeness (QED) is 0.432. The first kappa shape index (κ1) is 21.0. The van der Waals surface area contributed by atoms with Crippen LogP contribution in [0.4, 0.5) is 5.69 Å². The van der Waals surface area contributed by atoms with E-state index in [-0.39, 0.29) is 12.1 Å². The van der Waals surface area contributed by atoms with E-state index in [1.807, 2.05) is 59.5 Å². The van der Waals surface area contributed by atoms with Crippen LogP contribution in [0.15, 0.2) is 78.9 Å². The molecule has 0 fully saturated rings. The molecule has 4 rings (SSSR count). The lowest BCUT2D eigenvalue weighted by molar-refractivity contribution is 0.0685. The zero-order chi connectivity index (χ0) is 21.5. The molecule has 0 radical (unpaired) electrons. The van der Waals surface area contributed by atoms with Crippen molar-refractivity contribution in [1.82, 2.24) is 4.90 Å². The summed E-state index contributed by atoms with van der Waals surface area (Å²) in [5.74, 6) is 0.911. The summed E-state index contributed by atoms with van der Waals surface area (Å²) in [6, 6.07) is 26.2. The number of fused-ring (bicyclic) bond motifs is 1. The molecule has 160 valence electrons. The van der Waals surface area contributed by atoms with Crippen molar-refractivity contribution in [3.63, 3.8) is 0 Å². The normalized spacial score (nSPS) is 15.3. The molecule has 1 aliphatic heterocycles. The van der Waals surface area contributed by atoms with Crippen LogP contribution in [-0.4, -0.2) is 24.0 Å². The van der Waals surface area contributed by atoms with Crippen molar-refractivity contribution in [2.45, 2.75) is 38.8 Å². The van der Waals surface area contributed by atoms with Gasteiger partial charge in [-0.3, -0.25) is 4.79 Å². The van der Waals surface area contributed by atoms with Gasteiger partial charge in [-0.2, -0.15) is 0 Å². The maximum Gasteiger partial charge on any atom is 0.257 e. The number of carbonyl (C=O) groups is 1. The minimum Gasteiger partial charge on any atom is -0.494 e. The third kappa shape index (κ3) is 5.08. The monoisotopic (exact) mass is 414 g/mol. The first-order chi connectivity index (χ1) is 15.3. The largest absolute Gasteiger partial charge is 0.494 e. The van der Waals surface area contributed by atoms with Gasteiger partial charge in [0.25, 0.3) is 5.91 Å². The molecule has 0 saturated carbocycles. The van der Waals surface area contributed by atoms with Gasteiger partial charge >= 0.3 is 0 Å². The summed E-state index contributed by atoms with van der Waals surface area (Å²) in [7, 11) is 0. The van der Waals surface area contributed by atoms with E-state index in [2.05, 4.69) is 36.5 Å². The first-order valence-corrected chi connectivity index (χ1v) is 11.2. The Balaban J connectivity index is 1.58. The van der Waals surface area contributed by atoms with Crippen molar-refractivity contribution >= 4 is 11.6 Å². The zero-order valence-corrected chi connectivity index (χ0v) is 18.1. The SMILES string of the molecule is CCCCCOc1cccc(C2Nc3ccccc3C(=O)N2CCc2ccccc2)c1. The third-order valence-corrected chi connectivity index (χ3v) is 5.70. The highest BCUT2D eigenvalue weighted by molar-refractivity contribution is 6.01. The number of nitrogens with zero attached hydrogens (tertiary/aromatic N) is 1. The summed E-state index contributed by atoms with van der Waals surface area (Å²) >= 11 is 0. The molecule has 31 heavy (non-hydrogen) atoms. The number of para-hydroxylation sites is 1. The molecule has 4 heteroatoms. The Hall–Kier alpha value is -3.27. The first-order valence-electron chi connectivity index (χ1n) is 11.2. The Morgan fingerprint density at radius 2 is 1.74 bits per heavy atom. The number of rotatable bonds is 9. The number of carbonyl (C=O) groups excluding carboxylic acids is 1. The van der Waals surface area contributed by atoms with Gasteiger partial charge in [-0.25, -0.2) is 0 Å². The van der Waals surface area contributed by atoms with Gasteiger partial charge in [-0.05, 0) is 48.2 Å². The second-order valence-electron chi connectivity index (χ2n) is 7.95. The Kier molecular flexibility index (Phi) is 6.88. The van der Waals surface area contributed by atoms with E-state index in [0.717, 1.165) is 42.0 Å². The molecule has 0 saturated heterocycles. The van der Waals surface area contributed by atoms with Gasteiger partial charge in [0.2, 0.25) is 0 Å². The highest BCUT2D eigenvalue weighted by atomic mass is 16.5. The Bertz CT molecular complexity index is 1000. The van der Waals surface area contributed by atoms with Crippen molar-refractivity contribution in [3.8, 4) is 5.75 Å².